The third-order valence-corrected chi connectivity index (χ3v) is 5.27. The molecule has 0 aromatic heterocycles. The van der Waals surface area contributed by atoms with Gasteiger partial charge in [-0.25, -0.2) is 9.38 Å². The molecular weight excluding hydrogens is 381 g/mol. The zero-order valence-corrected chi connectivity index (χ0v) is 16.3. The summed E-state index contributed by atoms with van der Waals surface area (Å²) in [6.45, 7) is 2.46. The maximum Gasteiger partial charge on any atom is 0.238 e. The minimum atomic E-state index is -0.623. The first kappa shape index (κ1) is 19.9. The third kappa shape index (κ3) is 4.89. The highest BCUT2D eigenvalue weighted by Gasteiger charge is 2.34. The standard InChI is InChI=1S/C20H20FN3O3S/c1-3-27-16-9-7-14(8-10-16)22-19(26)17-12-18(25)24(2)20(28-17)23-15-6-4-5-13(21)11-15/h4-11,17H,3,12H2,1-2H3,(H,22,26)/t17-/m0/s1. The molecule has 1 heterocycles. The number of rotatable bonds is 5. The summed E-state index contributed by atoms with van der Waals surface area (Å²) < 4.78 is 18.8. The van der Waals surface area contributed by atoms with E-state index in [0.29, 0.717) is 28.9 Å². The van der Waals surface area contributed by atoms with Gasteiger partial charge in [0.1, 0.15) is 16.8 Å². The lowest BCUT2D eigenvalue weighted by atomic mass is 10.2. The Labute approximate surface area is 166 Å². The molecule has 2 aromatic carbocycles. The number of halogens is 1. The van der Waals surface area contributed by atoms with Crippen LogP contribution in [0.4, 0.5) is 15.8 Å². The van der Waals surface area contributed by atoms with Gasteiger partial charge < -0.3 is 10.1 Å². The van der Waals surface area contributed by atoms with Crippen LogP contribution in [-0.4, -0.2) is 40.8 Å². The van der Waals surface area contributed by atoms with Crippen molar-refractivity contribution in [2.75, 3.05) is 19.0 Å². The highest BCUT2D eigenvalue weighted by molar-refractivity contribution is 8.15. The second kappa shape index (κ2) is 8.88. The molecule has 0 bridgehead atoms. The molecule has 1 saturated heterocycles. The fraction of sp³-hybridized carbons (Fsp3) is 0.250. The Bertz CT molecular complexity index is 902. The van der Waals surface area contributed by atoms with Crippen LogP contribution < -0.4 is 10.1 Å². The molecule has 0 spiro atoms. The number of anilines is 1. The SMILES string of the molecule is CCOc1ccc(NC(=O)[C@@H]2CC(=O)N(C)C(=Nc3cccc(F)c3)S2)cc1. The lowest BCUT2D eigenvalue weighted by Gasteiger charge is -2.28. The van der Waals surface area contributed by atoms with Crippen molar-refractivity contribution in [2.45, 2.75) is 18.6 Å². The Kier molecular flexibility index (Phi) is 6.30. The van der Waals surface area contributed by atoms with Gasteiger partial charge in [0.25, 0.3) is 0 Å². The maximum atomic E-state index is 13.4. The lowest BCUT2D eigenvalue weighted by Crippen LogP contribution is -2.43. The largest absolute Gasteiger partial charge is 0.494 e. The Morgan fingerprint density at radius 3 is 2.75 bits per heavy atom. The number of ether oxygens (including phenoxy) is 1. The van der Waals surface area contributed by atoms with E-state index in [0.717, 1.165) is 0 Å². The van der Waals surface area contributed by atoms with Gasteiger partial charge in [-0.1, -0.05) is 17.8 Å². The van der Waals surface area contributed by atoms with Gasteiger partial charge in [0, 0.05) is 19.2 Å². The number of hydrogen-bond donors (Lipinski definition) is 1. The van der Waals surface area contributed by atoms with Gasteiger partial charge in [0.15, 0.2) is 5.17 Å². The molecule has 0 radical (unpaired) electrons. The number of carbonyl (C=O) groups is 2. The normalized spacial score (nSPS) is 18.2. The molecular formula is C20H20FN3O3S. The molecule has 2 aromatic rings. The molecule has 2 amide bonds. The molecule has 0 saturated carbocycles. The van der Waals surface area contributed by atoms with E-state index >= 15 is 0 Å². The van der Waals surface area contributed by atoms with Crippen molar-refractivity contribution < 1.29 is 18.7 Å². The van der Waals surface area contributed by atoms with Crippen LogP contribution in [0, 0.1) is 5.82 Å². The summed E-state index contributed by atoms with van der Waals surface area (Å²) in [6.07, 6.45) is 0.0617. The van der Waals surface area contributed by atoms with Crippen molar-refractivity contribution in [3.05, 3.63) is 54.3 Å². The summed E-state index contributed by atoms with van der Waals surface area (Å²) in [6, 6.07) is 12.8. The zero-order chi connectivity index (χ0) is 20.1. The molecule has 0 unspecified atom stereocenters. The van der Waals surface area contributed by atoms with Crippen molar-refractivity contribution in [1.82, 2.24) is 4.90 Å². The molecule has 1 N–H and O–H groups in total. The number of hydrogen-bond acceptors (Lipinski definition) is 5. The van der Waals surface area contributed by atoms with Crippen molar-refractivity contribution in [2.24, 2.45) is 4.99 Å². The highest BCUT2D eigenvalue weighted by atomic mass is 32.2. The predicted octanol–water partition coefficient (Wildman–Crippen LogP) is 3.81. The Morgan fingerprint density at radius 1 is 1.32 bits per heavy atom. The number of benzene rings is 2. The van der Waals surface area contributed by atoms with E-state index < -0.39 is 11.1 Å². The zero-order valence-electron chi connectivity index (χ0n) is 15.5. The van der Waals surface area contributed by atoms with Crippen LogP contribution in [0.25, 0.3) is 0 Å². The van der Waals surface area contributed by atoms with Gasteiger partial charge in [0.05, 0.1) is 12.3 Å². The third-order valence-electron chi connectivity index (χ3n) is 4.03. The molecule has 1 fully saturated rings. The average molecular weight is 401 g/mol. The topological polar surface area (TPSA) is 71.0 Å². The van der Waals surface area contributed by atoms with Crippen LogP contribution in [0.15, 0.2) is 53.5 Å². The summed E-state index contributed by atoms with van der Waals surface area (Å²) in [4.78, 5) is 30.7. The van der Waals surface area contributed by atoms with Crippen molar-refractivity contribution in [3.8, 4) is 5.75 Å². The van der Waals surface area contributed by atoms with E-state index in [4.69, 9.17) is 4.74 Å². The summed E-state index contributed by atoms with van der Waals surface area (Å²) in [7, 11) is 1.59. The summed E-state index contributed by atoms with van der Waals surface area (Å²) >= 11 is 1.18. The number of carbonyl (C=O) groups excluding carboxylic acids is 2. The highest BCUT2D eigenvalue weighted by Crippen LogP contribution is 2.29. The van der Waals surface area contributed by atoms with Crippen molar-refractivity contribution >= 4 is 40.1 Å². The molecule has 1 atom stereocenters. The molecule has 28 heavy (non-hydrogen) atoms. The van der Waals surface area contributed by atoms with Crippen LogP contribution in [0.1, 0.15) is 13.3 Å². The van der Waals surface area contributed by atoms with E-state index in [1.54, 1.807) is 43.4 Å². The monoisotopic (exact) mass is 401 g/mol. The van der Waals surface area contributed by atoms with Gasteiger partial charge in [0.2, 0.25) is 11.8 Å². The second-order valence-corrected chi connectivity index (χ2v) is 7.25. The fourth-order valence-corrected chi connectivity index (χ4v) is 3.64. The number of nitrogens with zero attached hydrogens (tertiary/aromatic N) is 2. The number of amides is 2. The van der Waals surface area contributed by atoms with Gasteiger partial charge in [-0.3, -0.25) is 14.5 Å². The van der Waals surface area contributed by atoms with E-state index in [1.165, 1.54) is 28.8 Å². The smallest absolute Gasteiger partial charge is 0.238 e. The molecule has 3 rings (SSSR count). The second-order valence-electron chi connectivity index (χ2n) is 6.08. The summed E-state index contributed by atoms with van der Waals surface area (Å²) in [5.41, 5.74) is 0.999. The van der Waals surface area contributed by atoms with Gasteiger partial charge >= 0.3 is 0 Å². The molecule has 146 valence electrons. The Morgan fingerprint density at radius 2 is 2.07 bits per heavy atom. The summed E-state index contributed by atoms with van der Waals surface area (Å²) in [5, 5.41) is 2.54. The Hall–Kier alpha value is -2.87. The Balaban J connectivity index is 1.72. The lowest BCUT2D eigenvalue weighted by molar-refractivity contribution is -0.128. The number of thioether (sulfide) groups is 1. The van der Waals surface area contributed by atoms with Gasteiger partial charge in [-0.2, -0.15) is 0 Å². The van der Waals surface area contributed by atoms with Crippen LogP contribution in [0.5, 0.6) is 5.75 Å². The number of nitrogens with one attached hydrogen (secondary N) is 1. The van der Waals surface area contributed by atoms with E-state index in [-0.39, 0.29) is 18.2 Å². The van der Waals surface area contributed by atoms with E-state index in [9.17, 15) is 14.0 Å². The fourth-order valence-electron chi connectivity index (χ4n) is 2.58. The number of amidine groups is 1. The molecule has 0 aliphatic carbocycles. The van der Waals surface area contributed by atoms with Gasteiger partial charge in [-0.15, -0.1) is 0 Å². The van der Waals surface area contributed by atoms with Crippen LogP contribution in [0.2, 0.25) is 0 Å². The van der Waals surface area contributed by atoms with Crippen molar-refractivity contribution in [1.29, 1.82) is 0 Å². The first-order valence-corrected chi connectivity index (χ1v) is 9.65. The van der Waals surface area contributed by atoms with Gasteiger partial charge in [-0.05, 0) is 49.4 Å². The van der Waals surface area contributed by atoms with Crippen LogP contribution >= 0.6 is 11.8 Å². The van der Waals surface area contributed by atoms with E-state index in [2.05, 4.69) is 10.3 Å². The summed E-state index contributed by atoms with van der Waals surface area (Å²) in [5.74, 6) is -0.210. The van der Waals surface area contributed by atoms with Crippen LogP contribution in [0.3, 0.4) is 0 Å². The average Bonchev–Trinajstić information content (AvgIpc) is 2.67. The molecule has 1 aliphatic rings. The first-order valence-electron chi connectivity index (χ1n) is 8.77. The minimum absolute atomic E-state index is 0.0617. The molecule has 8 heteroatoms. The van der Waals surface area contributed by atoms with E-state index in [1.807, 2.05) is 6.92 Å². The molecule has 6 nitrogen and oxygen atoms in total. The molecule has 1 aliphatic heterocycles. The van der Waals surface area contributed by atoms with Crippen molar-refractivity contribution in [3.63, 3.8) is 0 Å². The minimum Gasteiger partial charge on any atom is -0.494 e. The maximum absolute atomic E-state index is 13.4. The quantitative estimate of drug-likeness (QED) is 0.827. The predicted molar refractivity (Wildman–Crippen MR) is 109 cm³/mol. The van der Waals surface area contributed by atoms with Crippen LogP contribution in [-0.2, 0) is 9.59 Å². The first-order chi connectivity index (χ1) is 13.5. The number of aliphatic imine (C=N–C) groups is 1.